The summed E-state index contributed by atoms with van der Waals surface area (Å²) in [5.41, 5.74) is -0.501. The number of hydrogen-bond acceptors (Lipinski definition) is 1. The zero-order chi connectivity index (χ0) is 12.9. The summed E-state index contributed by atoms with van der Waals surface area (Å²) in [6, 6.07) is 5.05. The van der Waals surface area contributed by atoms with Gasteiger partial charge in [0.25, 0.3) is 5.56 Å². The van der Waals surface area contributed by atoms with Crippen LogP contribution in [0.25, 0.3) is 21.8 Å². The summed E-state index contributed by atoms with van der Waals surface area (Å²) in [7, 11) is 0. The van der Waals surface area contributed by atoms with Crippen molar-refractivity contribution in [1.82, 2.24) is 9.97 Å². The molecule has 0 aliphatic heterocycles. The van der Waals surface area contributed by atoms with Crippen LogP contribution in [-0.2, 0) is 6.18 Å². The Morgan fingerprint density at radius 3 is 2.56 bits per heavy atom. The minimum absolute atomic E-state index is 0.284. The van der Waals surface area contributed by atoms with Crippen LogP contribution in [0.1, 0.15) is 5.56 Å². The van der Waals surface area contributed by atoms with Crippen molar-refractivity contribution in [1.29, 1.82) is 0 Å². The van der Waals surface area contributed by atoms with Crippen molar-refractivity contribution in [3.05, 3.63) is 46.4 Å². The van der Waals surface area contributed by atoms with Crippen LogP contribution in [0.4, 0.5) is 13.2 Å². The van der Waals surface area contributed by atoms with E-state index in [0.717, 1.165) is 12.1 Å². The first-order chi connectivity index (χ1) is 8.47. The quantitative estimate of drug-likeness (QED) is 0.634. The molecule has 0 unspecified atom stereocenters. The number of halogens is 3. The Kier molecular flexibility index (Phi) is 2.04. The largest absolute Gasteiger partial charge is 0.416 e. The number of benzene rings is 1. The topological polar surface area (TPSA) is 48.6 Å². The summed E-state index contributed by atoms with van der Waals surface area (Å²) in [6.45, 7) is 0. The number of alkyl halides is 3. The van der Waals surface area contributed by atoms with E-state index in [9.17, 15) is 18.0 Å². The molecule has 1 aromatic carbocycles. The molecule has 0 amide bonds. The molecule has 0 saturated heterocycles. The van der Waals surface area contributed by atoms with Gasteiger partial charge in [-0.1, -0.05) is 6.07 Å². The van der Waals surface area contributed by atoms with Crippen LogP contribution in [0.2, 0.25) is 0 Å². The highest BCUT2D eigenvalue weighted by atomic mass is 19.4. The predicted octanol–water partition coefficient (Wildman–Crippen LogP) is 3.03. The van der Waals surface area contributed by atoms with Crippen molar-refractivity contribution in [3.63, 3.8) is 0 Å². The molecule has 0 atom stereocenters. The first-order valence-electron chi connectivity index (χ1n) is 5.17. The van der Waals surface area contributed by atoms with Crippen LogP contribution < -0.4 is 5.56 Å². The highest BCUT2D eigenvalue weighted by Gasteiger charge is 2.30. The number of fused-ring (bicyclic) bond motifs is 3. The van der Waals surface area contributed by atoms with E-state index in [4.69, 9.17) is 0 Å². The van der Waals surface area contributed by atoms with Gasteiger partial charge in [-0.15, -0.1) is 0 Å². The molecule has 0 aliphatic rings. The second-order valence-corrected chi connectivity index (χ2v) is 3.98. The van der Waals surface area contributed by atoms with Gasteiger partial charge >= 0.3 is 6.18 Å². The molecule has 0 fully saturated rings. The van der Waals surface area contributed by atoms with Crippen molar-refractivity contribution in [2.24, 2.45) is 0 Å². The molecule has 92 valence electrons. The third-order valence-corrected chi connectivity index (χ3v) is 2.86. The van der Waals surface area contributed by atoms with E-state index in [1.54, 1.807) is 6.07 Å². The van der Waals surface area contributed by atoms with Gasteiger partial charge in [-0.05, 0) is 18.2 Å². The second kappa shape index (κ2) is 3.38. The molecule has 2 heterocycles. The zero-order valence-electron chi connectivity index (χ0n) is 8.93. The van der Waals surface area contributed by atoms with Gasteiger partial charge < -0.3 is 9.97 Å². The van der Waals surface area contributed by atoms with Crippen molar-refractivity contribution in [2.75, 3.05) is 0 Å². The molecule has 3 nitrogen and oxygen atoms in total. The lowest BCUT2D eigenvalue weighted by Crippen LogP contribution is -2.04. The molecule has 0 saturated carbocycles. The van der Waals surface area contributed by atoms with Crippen LogP contribution in [-0.4, -0.2) is 9.97 Å². The van der Waals surface area contributed by atoms with Crippen molar-refractivity contribution >= 4 is 21.8 Å². The van der Waals surface area contributed by atoms with Crippen molar-refractivity contribution in [2.45, 2.75) is 6.18 Å². The SMILES string of the molecule is O=c1[nH]ccc2c1[nH]c1cc(C(F)(F)F)ccc12. The Morgan fingerprint density at radius 1 is 1.06 bits per heavy atom. The van der Waals surface area contributed by atoms with Crippen molar-refractivity contribution in [3.8, 4) is 0 Å². The van der Waals surface area contributed by atoms with E-state index in [0.29, 0.717) is 16.3 Å². The predicted molar refractivity (Wildman–Crippen MR) is 61.4 cm³/mol. The summed E-state index contributed by atoms with van der Waals surface area (Å²) < 4.78 is 37.7. The van der Waals surface area contributed by atoms with Gasteiger partial charge in [-0.2, -0.15) is 13.2 Å². The Balaban J connectivity index is 2.40. The molecular weight excluding hydrogens is 245 g/mol. The molecule has 0 radical (unpaired) electrons. The summed E-state index contributed by atoms with van der Waals surface area (Å²) >= 11 is 0. The number of aromatic nitrogens is 2. The average molecular weight is 252 g/mol. The highest BCUT2D eigenvalue weighted by molar-refractivity contribution is 6.06. The Bertz CT molecular complexity index is 798. The smallest absolute Gasteiger partial charge is 0.350 e. The minimum Gasteiger partial charge on any atom is -0.350 e. The summed E-state index contributed by atoms with van der Waals surface area (Å²) in [6.07, 6.45) is -2.92. The van der Waals surface area contributed by atoms with Crippen LogP contribution in [0, 0.1) is 0 Å². The van der Waals surface area contributed by atoms with E-state index in [2.05, 4.69) is 9.97 Å². The number of aromatic amines is 2. The van der Waals surface area contributed by atoms with E-state index in [-0.39, 0.29) is 11.1 Å². The van der Waals surface area contributed by atoms with Gasteiger partial charge in [0, 0.05) is 22.5 Å². The lowest BCUT2D eigenvalue weighted by molar-refractivity contribution is -0.137. The first-order valence-corrected chi connectivity index (χ1v) is 5.17. The fourth-order valence-corrected chi connectivity index (χ4v) is 2.02. The standard InChI is InChI=1S/C12H7F3N2O/c13-12(14,15)6-1-2-7-8-3-4-16-11(18)10(8)17-9(7)5-6/h1-5,17H,(H,16,18). The maximum absolute atomic E-state index is 12.6. The Hall–Kier alpha value is -2.24. The van der Waals surface area contributed by atoms with Gasteiger partial charge in [0.15, 0.2) is 0 Å². The van der Waals surface area contributed by atoms with Crippen LogP contribution in [0.5, 0.6) is 0 Å². The van der Waals surface area contributed by atoms with Gasteiger partial charge in [-0.25, -0.2) is 0 Å². The fourth-order valence-electron chi connectivity index (χ4n) is 2.02. The van der Waals surface area contributed by atoms with Crippen molar-refractivity contribution < 1.29 is 13.2 Å². The van der Waals surface area contributed by atoms with E-state index >= 15 is 0 Å². The molecule has 18 heavy (non-hydrogen) atoms. The first kappa shape index (κ1) is 10.9. The third kappa shape index (κ3) is 1.49. The number of nitrogens with one attached hydrogen (secondary N) is 2. The van der Waals surface area contributed by atoms with Gasteiger partial charge in [0.1, 0.15) is 5.52 Å². The molecule has 2 aromatic heterocycles. The maximum atomic E-state index is 12.6. The van der Waals surface area contributed by atoms with Crippen LogP contribution in [0.15, 0.2) is 35.3 Å². The number of rotatable bonds is 0. The maximum Gasteiger partial charge on any atom is 0.416 e. The zero-order valence-corrected chi connectivity index (χ0v) is 8.93. The van der Waals surface area contributed by atoms with Crippen LogP contribution in [0.3, 0.4) is 0 Å². The average Bonchev–Trinajstić information content (AvgIpc) is 2.67. The summed E-state index contributed by atoms with van der Waals surface area (Å²) in [4.78, 5) is 16.7. The lowest BCUT2D eigenvalue weighted by atomic mass is 10.1. The Morgan fingerprint density at radius 2 is 1.83 bits per heavy atom. The fraction of sp³-hybridized carbons (Fsp3) is 0.0833. The second-order valence-electron chi connectivity index (χ2n) is 3.98. The lowest BCUT2D eigenvalue weighted by Gasteiger charge is -2.05. The molecule has 0 spiro atoms. The van der Waals surface area contributed by atoms with Gasteiger partial charge in [-0.3, -0.25) is 4.79 Å². The van der Waals surface area contributed by atoms with E-state index < -0.39 is 11.7 Å². The van der Waals surface area contributed by atoms with E-state index in [1.165, 1.54) is 12.3 Å². The number of hydrogen-bond donors (Lipinski definition) is 2. The summed E-state index contributed by atoms with van der Waals surface area (Å²) in [5.74, 6) is 0. The van der Waals surface area contributed by atoms with Gasteiger partial charge in [0.2, 0.25) is 0 Å². The number of H-pyrrole nitrogens is 2. The third-order valence-electron chi connectivity index (χ3n) is 2.86. The number of pyridine rings is 1. The Labute approximate surface area is 98.2 Å². The van der Waals surface area contributed by atoms with E-state index in [1.807, 2.05) is 0 Å². The summed E-state index contributed by atoms with van der Waals surface area (Å²) in [5, 5.41) is 1.21. The van der Waals surface area contributed by atoms with Crippen LogP contribution >= 0.6 is 0 Å². The minimum atomic E-state index is -4.39. The molecule has 2 N–H and O–H groups in total. The molecule has 3 aromatic rings. The molecule has 6 heteroatoms. The highest BCUT2D eigenvalue weighted by Crippen LogP contribution is 2.32. The van der Waals surface area contributed by atoms with Gasteiger partial charge in [0.05, 0.1) is 5.56 Å². The molecular formula is C12H7F3N2O. The monoisotopic (exact) mass is 252 g/mol. The molecule has 0 aliphatic carbocycles. The normalized spacial score (nSPS) is 12.4. The molecule has 3 rings (SSSR count). The molecule has 0 bridgehead atoms.